The predicted molar refractivity (Wildman–Crippen MR) is 102 cm³/mol. The second-order valence-electron chi connectivity index (χ2n) is 5.54. The fourth-order valence-corrected chi connectivity index (χ4v) is 3.70. The molecule has 2 heterocycles. The van der Waals surface area contributed by atoms with Crippen molar-refractivity contribution < 1.29 is 9.59 Å². The van der Waals surface area contributed by atoms with Gasteiger partial charge in [-0.05, 0) is 36.1 Å². The van der Waals surface area contributed by atoms with E-state index in [4.69, 9.17) is 0 Å². The first-order valence-corrected chi connectivity index (χ1v) is 9.47. The van der Waals surface area contributed by atoms with Gasteiger partial charge in [-0.25, -0.2) is 4.98 Å². The molecule has 0 atom stereocenters. The van der Waals surface area contributed by atoms with Gasteiger partial charge in [0.05, 0.1) is 18.5 Å². The number of benzene rings is 1. The molecule has 0 aliphatic heterocycles. The second kappa shape index (κ2) is 8.04. The van der Waals surface area contributed by atoms with E-state index in [0.717, 1.165) is 16.1 Å². The molecular formula is C18H17N3O2S2. The smallest absolute Gasteiger partial charge is 0.231 e. The average Bonchev–Trinajstić information content (AvgIpc) is 3.19. The molecule has 5 nitrogen and oxygen atoms in total. The van der Waals surface area contributed by atoms with E-state index in [9.17, 15) is 9.59 Å². The molecule has 2 aromatic heterocycles. The Hall–Kier alpha value is -2.51. The number of thiazole rings is 1. The van der Waals surface area contributed by atoms with Gasteiger partial charge in [-0.15, -0.1) is 22.7 Å². The van der Waals surface area contributed by atoms with Crippen molar-refractivity contribution in [2.24, 2.45) is 0 Å². The normalized spacial score (nSPS) is 10.4. The highest BCUT2D eigenvalue weighted by molar-refractivity contribution is 7.14. The number of aryl methyl sites for hydroxylation is 1. The first kappa shape index (κ1) is 17.3. The van der Waals surface area contributed by atoms with Crippen molar-refractivity contribution >= 4 is 45.3 Å². The number of carbonyl (C=O) groups is 2. The summed E-state index contributed by atoms with van der Waals surface area (Å²) in [4.78, 5) is 29.4. The maximum Gasteiger partial charge on any atom is 0.231 e. The van der Waals surface area contributed by atoms with E-state index in [-0.39, 0.29) is 18.2 Å². The molecule has 0 aliphatic rings. The molecule has 25 heavy (non-hydrogen) atoms. The van der Waals surface area contributed by atoms with Gasteiger partial charge in [0.15, 0.2) is 5.13 Å². The molecule has 0 saturated heterocycles. The van der Waals surface area contributed by atoms with Gasteiger partial charge in [0.25, 0.3) is 0 Å². The largest absolute Gasteiger partial charge is 0.326 e. The number of anilines is 2. The molecule has 2 amide bonds. The van der Waals surface area contributed by atoms with Gasteiger partial charge in [-0.1, -0.05) is 18.2 Å². The van der Waals surface area contributed by atoms with Gasteiger partial charge in [0, 0.05) is 15.9 Å². The number of hydrogen-bond acceptors (Lipinski definition) is 5. The summed E-state index contributed by atoms with van der Waals surface area (Å²) in [5.41, 5.74) is 2.49. The molecule has 0 unspecified atom stereocenters. The summed E-state index contributed by atoms with van der Waals surface area (Å²) >= 11 is 2.87. The summed E-state index contributed by atoms with van der Waals surface area (Å²) in [6.07, 6.45) is 0.506. The fourth-order valence-electron chi connectivity index (χ4n) is 2.27. The van der Waals surface area contributed by atoms with Crippen LogP contribution in [0, 0.1) is 6.92 Å². The third-order valence-corrected chi connectivity index (χ3v) is 5.04. The van der Waals surface area contributed by atoms with Crippen LogP contribution < -0.4 is 10.6 Å². The Kier molecular flexibility index (Phi) is 5.57. The van der Waals surface area contributed by atoms with Gasteiger partial charge in [-0.2, -0.15) is 0 Å². The number of aromatic nitrogens is 1. The number of thiophene rings is 1. The maximum atomic E-state index is 12.1. The van der Waals surface area contributed by atoms with E-state index in [0.29, 0.717) is 17.2 Å². The van der Waals surface area contributed by atoms with Gasteiger partial charge in [0.1, 0.15) is 0 Å². The Morgan fingerprint density at radius 3 is 2.64 bits per heavy atom. The third kappa shape index (κ3) is 5.23. The standard InChI is InChI=1S/C18H17N3O2S2/c1-12-4-2-5-13(8-12)19-16(22)9-14-11-25-18(20-14)21-17(23)10-15-6-3-7-24-15/h2-8,11H,9-10H2,1H3,(H,19,22)(H,20,21,23). The summed E-state index contributed by atoms with van der Waals surface area (Å²) < 4.78 is 0. The van der Waals surface area contributed by atoms with Crippen molar-refractivity contribution in [1.82, 2.24) is 4.98 Å². The van der Waals surface area contributed by atoms with Crippen molar-refractivity contribution in [2.75, 3.05) is 10.6 Å². The van der Waals surface area contributed by atoms with E-state index < -0.39 is 0 Å². The molecule has 0 bridgehead atoms. The molecule has 1 aromatic carbocycles. The summed E-state index contributed by atoms with van der Waals surface area (Å²) in [7, 11) is 0. The lowest BCUT2D eigenvalue weighted by Gasteiger charge is -2.04. The predicted octanol–water partition coefficient (Wildman–Crippen LogP) is 3.88. The number of rotatable bonds is 6. The van der Waals surface area contributed by atoms with E-state index in [2.05, 4.69) is 15.6 Å². The maximum absolute atomic E-state index is 12.1. The lowest BCUT2D eigenvalue weighted by molar-refractivity contribution is -0.116. The van der Waals surface area contributed by atoms with Crippen LogP contribution in [0.1, 0.15) is 16.1 Å². The Morgan fingerprint density at radius 1 is 1.04 bits per heavy atom. The van der Waals surface area contributed by atoms with Gasteiger partial charge in [-0.3, -0.25) is 9.59 Å². The minimum atomic E-state index is -0.132. The van der Waals surface area contributed by atoms with Crippen LogP contribution in [0.2, 0.25) is 0 Å². The van der Waals surface area contributed by atoms with Gasteiger partial charge < -0.3 is 10.6 Å². The number of hydrogen-bond donors (Lipinski definition) is 2. The SMILES string of the molecule is Cc1cccc(NC(=O)Cc2csc(NC(=O)Cc3cccs3)n2)c1. The van der Waals surface area contributed by atoms with Crippen LogP contribution in [0.25, 0.3) is 0 Å². The van der Waals surface area contributed by atoms with Crippen molar-refractivity contribution in [2.45, 2.75) is 19.8 Å². The van der Waals surface area contributed by atoms with Crippen molar-refractivity contribution in [3.8, 4) is 0 Å². The minimum Gasteiger partial charge on any atom is -0.326 e. The first-order valence-electron chi connectivity index (χ1n) is 7.71. The quantitative estimate of drug-likeness (QED) is 0.691. The summed E-state index contributed by atoms with van der Waals surface area (Å²) in [5, 5.41) is 9.87. The van der Waals surface area contributed by atoms with Crippen LogP contribution in [0.4, 0.5) is 10.8 Å². The highest BCUT2D eigenvalue weighted by Gasteiger charge is 2.11. The zero-order valence-corrected chi connectivity index (χ0v) is 15.2. The Labute approximate surface area is 153 Å². The van der Waals surface area contributed by atoms with Crippen molar-refractivity contribution in [1.29, 1.82) is 0 Å². The molecule has 0 fully saturated rings. The highest BCUT2D eigenvalue weighted by atomic mass is 32.1. The summed E-state index contributed by atoms with van der Waals surface area (Å²) in [5.74, 6) is -0.236. The fraction of sp³-hybridized carbons (Fsp3) is 0.167. The highest BCUT2D eigenvalue weighted by Crippen LogP contribution is 2.18. The van der Waals surface area contributed by atoms with Crippen molar-refractivity contribution in [3.63, 3.8) is 0 Å². The number of carbonyl (C=O) groups excluding carboxylic acids is 2. The Balaban J connectivity index is 1.52. The molecule has 0 radical (unpaired) electrons. The van der Waals surface area contributed by atoms with Gasteiger partial charge >= 0.3 is 0 Å². The first-order chi connectivity index (χ1) is 12.1. The van der Waals surface area contributed by atoms with Crippen LogP contribution in [-0.2, 0) is 22.4 Å². The second-order valence-corrected chi connectivity index (χ2v) is 7.43. The Bertz CT molecular complexity index is 872. The molecule has 3 rings (SSSR count). The zero-order valence-electron chi connectivity index (χ0n) is 13.6. The number of nitrogens with one attached hydrogen (secondary N) is 2. The molecule has 0 aliphatic carbocycles. The minimum absolute atomic E-state index is 0.104. The molecule has 0 saturated carbocycles. The molecular weight excluding hydrogens is 354 g/mol. The monoisotopic (exact) mass is 371 g/mol. The van der Waals surface area contributed by atoms with E-state index in [1.165, 1.54) is 11.3 Å². The molecule has 7 heteroatoms. The summed E-state index contributed by atoms with van der Waals surface area (Å²) in [6, 6.07) is 11.5. The van der Waals surface area contributed by atoms with Crippen molar-refractivity contribution in [3.05, 3.63) is 63.3 Å². The topological polar surface area (TPSA) is 71.1 Å². The average molecular weight is 371 g/mol. The number of nitrogens with zero attached hydrogens (tertiary/aromatic N) is 1. The third-order valence-electron chi connectivity index (χ3n) is 3.36. The van der Waals surface area contributed by atoms with Crippen LogP contribution in [0.15, 0.2) is 47.2 Å². The van der Waals surface area contributed by atoms with Crippen LogP contribution in [-0.4, -0.2) is 16.8 Å². The molecule has 0 spiro atoms. The number of amides is 2. The lowest BCUT2D eigenvalue weighted by Crippen LogP contribution is -2.15. The lowest BCUT2D eigenvalue weighted by atomic mass is 10.2. The Morgan fingerprint density at radius 2 is 1.88 bits per heavy atom. The van der Waals surface area contributed by atoms with Crippen LogP contribution in [0.3, 0.4) is 0 Å². The van der Waals surface area contributed by atoms with E-state index >= 15 is 0 Å². The van der Waals surface area contributed by atoms with Crippen LogP contribution >= 0.6 is 22.7 Å². The summed E-state index contributed by atoms with van der Waals surface area (Å²) in [6.45, 7) is 1.97. The molecule has 3 aromatic rings. The molecule has 2 N–H and O–H groups in total. The molecule has 128 valence electrons. The van der Waals surface area contributed by atoms with E-state index in [1.807, 2.05) is 48.7 Å². The zero-order chi connectivity index (χ0) is 17.6. The van der Waals surface area contributed by atoms with Gasteiger partial charge in [0.2, 0.25) is 11.8 Å². The van der Waals surface area contributed by atoms with E-state index in [1.54, 1.807) is 16.7 Å². The van der Waals surface area contributed by atoms with Crippen LogP contribution in [0.5, 0.6) is 0 Å².